The summed E-state index contributed by atoms with van der Waals surface area (Å²) in [6, 6.07) is 0. The molecule has 11 heavy (non-hydrogen) atoms. The molecule has 0 heterocycles. The van der Waals surface area contributed by atoms with Crippen molar-refractivity contribution in [3.63, 3.8) is 0 Å². The molecule has 1 N–H and O–H groups in total. The molecule has 0 spiro atoms. The fraction of sp³-hybridized carbons (Fsp3) is 0.500. The van der Waals surface area contributed by atoms with E-state index >= 15 is 0 Å². The average Bonchev–Trinajstić information content (AvgIpc) is 0.811. The minimum atomic E-state index is -0.833. The predicted octanol–water partition coefficient (Wildman–Crippen LogP) is -4.45. The van der Waals surface area contributed by atoms with Crippen LogP contribution < -0.4 is 0 Å². The topological polar surface area (TPSA) is 37.3 Å². The van der Waals surface area contributed by atoms with E-state index in [2.05, 4.69) is 0 Å². The second kappa shape index (κ2) is 42.8. The molecule has 9 heteroatoms. The van der Waals surface area contributed by atoms with Crippen LogP contribution in [0.15, 0.2) is 0 Å². The van der Waals surface area contributed by atoms with E-state index in [0.717, 1.165) is 6.92 Å². The Morgan fingerprint density at radius 2 is 0.818 bits per heavy atom. The number of carboxylic acids is 1. The van der Waals surface area contributed by atoms with Crippen LogP contribution in [0.4, 0.5) is 0 Å². The Labute approximate surface area is 367 Å². The van der Waals surface area contributed by atoms with Crippen LogP contribution in [0.25, 0.3) is 0 Å². The first-order chi connectivity index (χ1) is 1.73. The van der Waals surface area contributed by atoms with Crippen molar-refractivity contribution in [2.45, 2.75) is 6.92 Å². The van der Waals surface area contributed by atoms with Gasteiger partial charge in [-0.15, -0.1) is 0 Å². The Balaban J connectivity index is -0.00000000214. The molecule has 2 nitrogen and oxygen atoms in total. The number of hydrogen-bond donors (Lipinski definition) is 1. The third kappa shape index (κ3) is 62.8. The Morgan fingerprint density at radius 1 is 0.818 bits per heavy atom. The summed E-state index contributed by atoms with van der Waals surface area (Å²) in [6.07, 6.45) is 0. The van der Waals surface area contributed by atoms with Gasteiger partial charge in [-0.05, 0) is 0 Å². The number of rotatable bonds is 0. The SMILES string of the molecule is CC(=O)O.[KH].[KH].[KH].[KH].[KH].[KH].[KH]. The van der Waals surface area contributed by atoms with Gasteiger partial charge in [0.05, 0.1) is 0 Å². The van der Waals surface area contributed by atoms with E-state index in [1.807, 2.05) is 0 Å². The van der Waals surface area contributed by atoms with Gasteiger partial charge >= 0.3 is 360 Å². The second-order valence-electron chi connectivity index (χ2n) is 0.519. The first-order valence-corrected chi connectivity index (χ1v) is 0.928. The first-order valence-electron chi connectivity index (χ1n) is 0.928. The van der Waals surface area contributed by atoms with E-state index in [4.69, 9.17) is 9.90 Å². The molecular formula is C2H11K7O2. The zero-order chi connectivity index (χ0) is 3.58. The molecule has 0 aliphatic heterocycles. The average molecular weight is 341 g/mol. The maximum absolute atomic E-state index is 9.00. The van der Waals surface area contributed by atoms with Gasteiger partial charge in [-0.25, -0.2) is 0 Å². The molecule has 0 bridgehead atoms. The molecule has 0 aromatic rings. The number of hydrogen-bond acceptors (Lipinski definition) is 1. The molecule has 0 unspecified atom stereocenters. The Kier molecular flexibility index (Phi) is 193. The number of carbonyl (C=O) groups is 1. The van der Waals surface area contributed by atoms with Gasteiger partial charge in [-0.1, -0.05) is 0 Å². The van der Waals surface area contributed by atoms with Crippen LogP contribution in [0.1, 0.15) is 6.92 Å². The zero-order valence-corrected chi connectivity index (χ0v) is 2.36. The fourth-order valence-electron chi connectivity index (χ4n) is 0. The van der Waals surface area contributed by atoms with E-state index in [1.165, 1.54) is 0 Å². The quantitative estimate of drug-likeness (QED) is 0.452. The number of carboxylic acid groups (broad SMARTS) is 1. The summed E-state index contributed by atoms with van der Waals surface area (Å²) in [5.41, 5.74) is 0. The van der Waals surface area contributed by atoms with Crippen LogP contribution in [-0.2, 0) is 4.79 Å². The van der Waals surface area contributed by atoms with Gasteiger partial charge in [0.15, 0.2) is 0 Å². The van der Waals surface area contributed by atoms with Gasteiger partial charge in [0, 0.05) is 6.92 Å². The van der Waals surface area contributed by atoms with Crippen LogP contribution in [0.2, 0.25) is 0 Å². The molecular weight excluding hydrogens is 330 g/mol. The summed E-state index contributed by atoms with van der Waals surface area (Å²) in [5, 5.41) is 7.42. The molecule has 0 aromatic heterocycles. The monoisotopic (exact) mass is 340 g/mol. The first kappa shape index (κ1) is 49.5. The zero-order valence-electron chi connectivity index (χ0n) is 2.36. The van der Waals surface area contributed by atoms with Crippen molar-refractivity contribution in [2.24, 2.45) is 0 Å². The van der Waals surface area contributed by atoms with E-state index in [-0.39, 0.29) is 360 Å². The maximum atomic E-state index is 9.00. The minimum absolute atomic E-state index is 0. The van der Waals surface area contributed by atoms with Crippen molar-refractivity contribution in [2.75, 3.05) is 0 Å². The van der Waals surface area contributed by atoms with Gasteiger partial charge in [0.2, 0.25) is 0 Å². The summed E-state index contributed by atoms with van der Waals surface area (Å²) in [4.78, 5) is 9.00. The molecule has 0 aliphatic rings. The molecule has 0 saturated heterocycles. The Bertz CT molecular complexity index is 37.4. The van der Waals surface area contributed by atoms with E-state index in [1.54, 1.807) is 0 Å². The van der Waals surface area contributed by atoms with E-state index in [9.17, 15) is 0 Å². The molecule has 0 atom stereocenters. The molecule has 0 amide bonds. The van der Waals surface area contributed by atoms with Gasteiger partial charge in [0.25, 0.3) is 5.97 Å². The summed E-state index contributed by atoms with van der Waals surface area (Å²) in [5.74, 6) is -0.833. The molecule has 0 saturated carbocycles. The van der Waals surface area contributed by atoms with Crippen LogP contribution in [-0.4, -0.2) is 371 Å². The molecule has 0 rings (SSSR count). The normalized spacial score (nSPS) is 2.27. The van der Waals surface area contributed by atoms with Gasteiger partial charge < -0.3 is 5.11 Å². The predicted molar refractivity (Wildman–Crippen MR) is 63.4 cm³/mol. The van der Waals surface area contributed by atoms with Gasteiger partial charge in [-0.3, -0.25) is 4.79 Å². The van der Waals surface area contributed by atoms with Crippen LogP contribution >= 0.6 is 0 Å². The molecule has 0 aromatic carbocycles. The number of aliphatic carboxylic acids is 1. The van der Waals surface area contributed by atoms with Crippen molar-refractivity contribution in [1.82, 2.24) is 0 Å². The third-order valence-corrected chi connectivity index (χ3v) is 0. The summed E-state index contributed by atoms with van der Waals surface area (Å²) in [7, 11) is 0. The van der Waals surface area contributed by atoms with Crippen molar-refractivity contribution in [3.8, 4) is 0 Å². The summed E-state index contributed by atoms with van der Waals surface area (Å²) < 4.78 is 0. The van der Waals surface area contributed by atoms with Crippen molar-refractivity contribution in [1.29, 1.82) is 0 Å². The van der Waals surface area contributed by atoms with Crippen molar-refractivity contribution in [3.05, 3.63) is 0 Å². The standard InChI is InChI=1S/C2H4O2.7K.7H/c1-2(3)4;;;;;;;;;;;;;;/h1H3,(H,3,4);;;;;;;;;;;;;;. The summed E-state index contributed by atoms with van der Waals surface area (Å²) >= 11 is 0. The van der Waals surface area contributed by atoms with Gasteiger partial charge in [-0.2, -0.15) is 0 Å². The van der Waals surface area contributed by atoms with Crippen molar-refractivity contribution >= 4 is 366 Å². The van der Waals surface area contributed by atoms with Crippen LogP contribution in [0, 0.1) is 0 Å². The second-order valence-corrected chi connectivity index (χ2v) is 0.519. The van der Waals surface area contributed by atoms with Gasteiger partial charge in [0.1, 0.15) is 0 Å². The fourth-order valence-corrected chi connectivity index (χ4v) is 0. The Morgan fingerprint density at radius 3 is 0.818 bits per heavy atom. The van der Waals surface area contributed by atoms with Crippen LogP contribution in [0.5, 0.6) is 0 Å². The summed E-state index contributed by atoms with van der Waals surface area (Å²) in [6.45, 7) is 1.08. The molecule has 0 radical (unpaired) electrons. The van der Waals surface area contributed by atoms with Crippen LogP contribution in [0.3, 0.4) is 0 Å². The Hall–Kier alpha value is 10.9. The van der Waals surface area contributed by atoms with E-state index < -0.39 is 5.97 Å². The molecule has 38 valence electrons. The molecule has 0 aliphatic carbocycles. The van der Waals surface area contributed by atoms with E-state index in [0.29, 0.717) is 0 Å². The molecule has 0 fully saturated rings. The third-order valence-electron chi connectivity index (χ3n) is 0. The van der Waals surface area contributed by atoms with Crippen molar-refractivity contribution < 1.29 is 9.90 Å².